The first kappa shape index (κ1) is 12.7. The lowest BCUT2D eigenvalue weighted by Crippen LogP contribution is -2.18. The van der Waals surface area contributed by atoms with Gasteiger partial charge in [-0.2, -0.15) is 0 Å². The molecule has 0 amide bonds. The normalized spacial score (nSPS) is 11.3. The van der Waals surface area contributed by atoms with Crippen LogP contribution in [0, 0.1) is 15.9 Å². The van der Waals surface area contributed by atoms with Crippen molar-refractivity contribution in [3.05, 3.63) is 32.5 Å². The minimum atomic E-state index is -5.20. The number of halogens is 5. The molecule has 0 aliphatic heterocycles. The van der Waals surface area contributed by atoms with Gasteiger partial charge in [-0.1, -0.05) is 15.9 Å². The van der Waals surface area contributed by atoms with Crippen molar-refractivity contribution < 1.29 is 27.2 Å². The van der Waals surface area contributed by atoms with Crippen LogP contribution in [-0.2, 0) is 0 Å². The minimum Gasteiger partial charge on any atom is -0.395 e. The maximum Gasteiger partial charge on any atom is 0.573 e. The van der Waals surface area contributed by atoms with E-state index >= 15 is 0 Å². The average Bonchev–Trinajstić information content (AvgIpc) is 2.07. The Bertz CT molecular complexity index is 434. The van der Waals surface area contributed by atoms with Gasteiger partial charge in [0.2, 0.25) is 5.75 Å². The highest BCUT2D eigenvalue weighted by atomic mass is 79.9. The molecule has 0 bridgehead atoms. The fraction of sp³-hybridized carbons (Fsp3) is 0.143. The number of nitrogens with zero attached hydrogens (tertiary/aromatic N) is 1. The van der Waals surface area contributed by atoms with E-state index in [1.165, 1.54) is 0 Å². The van der Waals surface area contributed by atoms with E-state index in [2.05, 4.69) is 20.7 Å². The van der Waals surface area contributed by atoms with Crippen LogP contribution < -0.4 is 4.74 Å². The smallest absolute Gasteiger partial charge is 0.395 e. The summed E-state index contributed by atoms with van der Waals surface area (Å²) in [4.78, 5) is 9.21. The largest absolute Gasteiger partial charge is 0.573 e. The van der Waals surface area contributed by atoms with Gasteiger partial charge in [-0.25, -0.2) is 4.39 Å². The molecule has 0 fully saturated rings. The molecule has 0 N–H and O–H groups in total. The van der Waals surface area contributed by atoms with Gasteiger partial charge in [0, 0.05) is 10.5 Å². The van der Waals surface area contributed by atoms with E-state index in [4.69, 9.17) is 0 Å². The molecule has 0 aliphatic carbocycles. The van der Waals surface area contributed by atoms with Gasteiger partial charge in [0.25, 0.3) is 0 Å². The van der Waals surface area contributed by atoms with Crippen LogP contribution in [-0.4, -0.2) is 11.3 Å². The fourth-order valence-corrected chi connectivity index (χ4v) is 1.32. The van der Waals surface area contributed by atoms with Gasteiger partial charge in [-0.05, 0) is 6.07 Å². The van der Waals surface area contributed by atoms with E-state index < -0.39 is 28.5 Å². The predicted molar refractivity (Wildman–Crippen MR) is 47.4 cm³/mol. The Morgan fingerprint density at radius 1 is 1.38 bits per heavy atom. The predicted octanol–water partition coefficient (Wildman–Crippen LogP) is 3.39. The number of alkyl halides is 3. The van der Waals surface area contributed by atoms with Crippen LogP contribution in [0.5, 0.6) is 5.75 Å². The molecule has 1 rings (SSSR count). The first-order chi connectivity index (χ1) is 7.20. The van der Waals surface area contributed by atoms with E-state index in [-0.39, 0.29) is 4.47 Å². The van der Waals surface area contributed by atoms with Gasteiger partial charge in [-0.3, -0.25) is 10.1 Å². The molecule has 16 heavy (non-hydrogen) atoms. The number of ether oxygens (including phenoxy) is 1. The monoisotopic (exact) mass is 303 g/mol. The molecule has 0 atom stereocenters. The van der Waals surface area contributed by atoms with Crippen molar-refractivity contribution in [3.8, 4) is 5.75 Å². The molecule has 1 aromatic rings. The Hall–Kier alpha value is -1.38. The fourth-order valence-electron chi connectivity index (χ4n) is 0.899. The van der Waals surface area contributed by atoms with Crippen molar-refractivity contribution >= 4 is 21.6 Å². The highest BCUT2D eigenvalue weighted by molar-refractivity contribution is 9.10. The van der Waals surface area contributed by atoms with Crippen molar-refractivity contribution in [2.45, 2.75) is 6.36 Å². The Morgan fingerprint density at radius 2 is 1.94 bits per heavy atom. The highest BCUT2D eigenvalue weighted by Crippen LogP contribution is 2.36. The summed E-state index contributed by atoms with van der Waals surface area (Å²) in [7, 11) is 0. The van der Waals surface area contributed by atoms with Gasteiger partial charge in [0.05, 0.1) is 4.92 Å². The van der Waals surface area contributed by atoms with Crippen LogP contribution in [0.25, 0.3) is 0 Å². The lowest BCUT2D eigenvalue weighted by Gasteiger charge is -2.09. The van der Waals surface area contributed by atoms with E-state index in [9.17, 15) is 27.7 Å². The summed E-state index contributed by atoms with van der Waals surface area (Å²) >= 11 is 2.71. The van der Waals surface area contributed by atoms with Crippen LogP contribution in [0.3, 0.4) is 0 Å². The second kappa shape index (κ2) is 4.24. The average molecular weight is 304 g/mol. The Balaban J connectivity index is 3.30. The van der Waals surface area contributed by atoms with Crippen LogP contribution in [0.15, 0.2) is 16.6 Å². The number of rotatable bonds is 2. The number of benzene rings is 1. The third-order valence-electron chi connectivity index (χ3n) is 1.40. The molecule has 4 nitrogen and oxygen atoms in total. The van der Waals surface area contributed by atoms with Crippen LogP contribution in [0.4, 0.5) is 23.2 Å². The summed E-state index contributed by atoms with van der Waals surface area (Å²) in [6.45, 7) is 0. The number of hydrogen-bond acceptors (Lipinski definition) is 3. The molecule has 1 aromatic carbocycles. The lowest BCUT2D eigenvalue weighted by molar-refractivity contribution is -0.389. The van der Waals surface area contributed by atoms with Crippen molar-refractivity contribution in [1.82, 2.24) is 0 Å². The van der Waals surface area contributed by atoms with Gasteiger partial charge in [0.15, 0.2) is 5.82 Å². The summed E-state index contributed by atoms with van der Waals surface area (Å²) in [5.41, 5.74) is -1.11. The molecule has 0 saturated carbocycles. The molecule has 0 heterocycles. The maximum atomic E-state index is 13.0. The first-order valence-corrected chi connectivity index (χ1v) is 4.39. The number of nitro benzene ring substituents is 1. The Morgan fingerprint density at radius 3 is 2.38 bits per heavy atom. The van der Waals surface area contributed by atoms with Crippen LogP contribution >= 0.6 is 15.9 Å². The molecule has 0 unspecified atom stereocenters. The van der Waals surface area contributed by atoms with Gasteiger partial charge >= 0.3 is 12.0 Å². The highest BCUT2D eigenvalue weighted by Gasteiger charge is 2.36. The van der Waals surface area contributed by atoms with Crippen molar-refractivity contribution in [1.29, 1.82) is 0 Å². The number of nitro groups is 1. The summed E-state index contributed by atoms with van der Waals surface area (Å²) < 4.78 is 51.7. The molecular weight excluding hydrogens is 302 g/mol. The zero-order chi connectivity index (χ0) is 12.5. The maximum absolute atomic E-state index is 13.0. The first-order valence-electron chi connectivity index (χ1n) is 3.60. The summed E-state index contributed by atoms with van der Waals surface area (Å²) in [6, 6.07) is 1.35. The lowest BCUT2D eigenvalue weighted by atomic mass is 10.3. The molecule has 9 heteroatoms. The molecule has 0 saturated heterocycles. The van der Waals surface area contributed by atoms with Gasteiger partial charge in [-0.15, -0.1) is 13.2 Å². The second-order valence-corrected chi connectivity index (χ2v) is 3.46. The van der Waals surface area contributed by atoms with E-state index in [0.29, 0.717) is 12.1 Å². The Labute approximate surface area is 94.1 Å². The third-order valence-corrected chi connectivity index (χ3v) is 1.86. The van der Waals surface area contributed by atoms with Crippen LogP contribution in [0.2, 0.25) is 0 Å². The summed E-state index contributed by atoms with van der Waals surface area (Å²) in [5, 5.41) is 10.4. The van der Waals surface area contributed by atoms with Crippen molar-refractivity contribution in [2.24, 2.45) is 0 Å². The summed E-state index contributed by atoms with van der Waals surface area (Å²) in [5.74, 6) is -2.93. The van der Waals surface area contributed by atoms with Crippen molar-refractivity contribution in [2.75, 3.05) is 0 Å². The molecule has 88 valence electrons. The molecule has 0 spiro atoms. The topological polar surface area (TPSA) is 52.4 Å². The van der Waals surface area contributed by atoms with Gasteiger partial charge < -0.3 is 4.74 Å². The van der Waals surface area contributed by atoms with Crippen molar-refractivity contribution in [3.63, 3.8) is 0 Å². The van der Waals surface area contributed by atoms with E-state index in [1.807, 2.05) is 0 Å². The number of hydrogen-bond donors (Lipinski definition) is 0. The molecule has 0 aromatic heterocycles. The van der Waals surface area contributed by atoms with E-state index in [1.54, 1.807) is 0 Å². The van der Waals surface area contributed by atoms with Gasteiger partial charge in [0.1, 0.15) is 0 Å². The summed E-state index contributed by atoms with van der Waals surface area (Å²) in [6.07, 6.45) is -5.20. The SMILES string of the molecule is O=[N+]([O-])c1cc(Br)cc(F)c1OC(F)(F)F. The minimum absolute atomic E-state index is 0.0637. The van der Waals surface area contributed by atoms with Crippen LogP contribution in [0.1, 0.15) is 0 Å². The Kier molecular flexibility index (Phi) is 3.36. The zero-order valence-electron chi connectivity index (χ0n) is 7.22. The zero-order valence-corrected chi connectivity index (χ0v) is 8.80. The molecular formula is C7H2BrF4NO3. The quantitative estimate of drug-likeness (QED) is 0.478. The van der Waals surface area contributed by atoms with E-state index in [0.717, 1.165) is 0 Å². The molecule has 0 radical (unpaired) electrons. The third kappa shape index (κ3) is 3.05. The molecule has 0 aliphatic rings. The standard InChI is InChI=1S/C7H2BrF4NO3/c8-3-1-4(9)6(16-7(10,11)12)5(2-3)13(14)15/h1-2H. The second-order valence-electron chi connectivity index (χ2n) is 2.54.